The highest BCUT2D eigenvalue weighted by Gasteiger charge is 2.59. The number of amides is 1. The molecule has 0 aromatic heterocycles. The molecule has 0 aliphatic carbocycles. The summed E-state index contributed by atoms with van der Waals surface area (Å²) in [6.07, 6.45) is 4.01. The van der Waals surface area contributed by atoms with Gasteiger partial charge in [0.15, 0.2) is 11.6 Å². The lowest BCUT2D eigenvalue weighted by molar-refractivity contribution is -0.144. The quantitative estimate of drug-likeness (QED) is 0.767. The Labute approximate surface area is 165 Å². The summed E-state index contributed by atoms with van der Waals surface area (Å²) in [7, 11) is 1.52. The number of hydrogen-bond donors (Lipinski definition) is 0. The average molecular weight is 393 g/mol. The molecule has 3 fully saturated rings. The Morgan fingerprint density at radius 3 is 2.81 bits per heavy atom. The van der Waals surface area contributed by atoms with Crippen molar-refractivity contribution in [1.82, 2.24) is 9.80 Å². The number of methoxy groups -OCH3 is 1. The zero-order valence-corrected chi connectivity index (χ0v) is 17.1. The van der Waals surface area contributed by atoms with Crippen molar-refractivity contribution >= 4 is 17.7 Å². The first-order valence-corrected chi connectivity index (χ1v) is 11.2. The lowest BCUT2D eigenvalue weighted by atomic mass is 9.70. The molecular weight excluding hydrogens is 363 g/mol. The fraction of sp³-hybridized carbons (Fsp3) is 0.667. The van der Waals surface area contributed by atoms with E-state index in [1.165, 1.54) is 13.2 Å². The van der Waals surface area contributed by atoms with E-state index in [1.807, 2.05) is 17.8 Å². The fourth-order valence-corrected chi connectivity index (χ4v) is 6.39. The van der Waals surface area contributed by atoms with Crippen molar-refractivity contribution in [3.63, 3.8) is 0 Å². The van der Waals surface area contributed by atoms with Crippen LogP contribution in [-0.2, 0) is 11.3 Å². The molecule has 2 bridgehead atoms. The van der Waals surface area contributed by atoms with Crippen LogP contribution in [0, 0.1) is 11.2 Å². The van der Waals surface area contributed by atoms with Gasteiger partial charge in [0.25, 0.3) is 0 Å². The van der Waals surface area contributed by atoms with Crippen molar-refractivity contribution in [2.45, 2.75) is 51.2 Å². The van der Waals surface area contributed by atoms with Crippen LogP contribution in [-0.4, -0.2) is 59.5 Å². The molecule has 0 spiro atoms. The highest BCUT2D eigenvalue weighted by atomic mass is 32.2. The van der Waals surface area contributed by atoms with Gasteiger partial charge in [-0.15, -0.1) is 0 Å². The Kier molecular flexibility index (Phi) is 5.39. The van der Waals surface area contributed by atoms with E-state index in [-0.39, 0.29) is 17.3 Å². The maximum absolute atomic E-state index is 14.1. The number of ether oxygens (including phenoxy) is 1. The van der Waals surface area contributed by atoms with Crippen molar-refractivity contribution in [3.05, 3.63) is 29.6 Å². The zero-order valence-electron chi connectivity index (χ0n) is 16.2. The highest BCUT2D eigenvalue weighted by Crippen LogP contribution is 2.53. The van der Waals surface area contributed by atoms with Gasteiger partial charge in [-0.2, -0.15) is 11.8 Å². The summed E-state index contributed by atoms with van der Waals surface area (Å²) in [5.74, 6) is 2.47. The third kappa shape index (κ3) is 3.15. The number of fused-ring (bicyclic) bond motifs is 2. The van der Waals surface area contributed by atoms with E-state index < -0.39 is 0 Å². The molecular formula is C21H29FN2O2S. The standard InChI is InChI=1S/C21H29FN2O2S/c1-3-21(20(25)23-9-11-27-12-10-23)13-16-7-8-18(21)24(16)14-15-5-4-6-17(22)19(15)26-2/h4-6,16,18H,3,7-14H2,1-2H3/t16-,18+,21+/m0/s1. The molecule has 1 aromatic rings. The number of hydrogen-bond acceptors (Lipinski definition) is 4. The van der Waals surface area contributed by atoms with Crippen LogP contribution in [0.15, 0.2) is 18.2 Å². The average Bonchev–Trinajstić information content (AvgIpc) is 3.23. The summed E-state index contributed by atoms with van der Waals surface area (Å²) in [6.45, 7) is 4.57. The van der Waals surface area contributed by atoms with Crippen LogP contribution >= 0.6 is 11.8 Å². The molecule has 148 valence electrons. The SMILES string of the molecule is CC[C@@]1(C(=O)N2CCSCC2)C[C@@H]2CC[C@H]1N2Cc1cccc(F)c1OC. The molecule has 0 unspecified atom stereocenters. The minimum Gasteiger partial charge on any atom is -0.493 e. The number of para-hydroxylation sites is 1. The Morgan fingerprint density at radius 1 is 1.33 bits per heavy atom. The predicted octanol–water partition coefficient (Wildman–Crippen LogP) is 3.54. The van der Waals surface area contributed by atoms with Gasteiger partial charge in [0.05, 0.1) is 12.5 Å². The molecule has 3 aliphatic rings. The third-order valence-corrected chi connectivity index (χ3v) is 7.78. The number of benzene rings is 1. The van der Waals surface area contributed by atoms with Crippen LogP contribution in [0.5, 0.6) is 5.75 Å². The molecule has 3 saturated heterocycles. The smallest absolute Gasteiger partial charge is 0.230 e. The van der Waals surface area contributed by atoms with Gasteiger partial charge in [-0.3, -0.25) is 9.69 Å². The highest BCUT2D eigenvalue weighted by molar-refractivity contribution is 7.99. The molecule has 3 atom stereocenters. The van der Waals surface area contributed by atoms with E-state index in [2.05, 4.69) is 16.7 Å². The zero-order chi connectivity index (χ0) is 19.0. The van der Waals surface area contributed by atoms with E-state index in [4.69, 9.17) is 4.74 Å². The molecule has 4 nitrogen and oxygen atoms in total. The van der Waals surface area contributed by atoms with Gasteiger partial charge in [-0.1, -0.05) is 19.1 Å². The van der Waals surface area contributed by atoms with Crippen molar-refractivity contribution < 1.29 is 13.9 Å². The second kappa shape index (κ2) is 7.63. The van der Waals surface area contributed by atoms with Gasteiger partial charge >= 0.3 is 0 Å². The van der Waals surface area contributed by atoms with Crippen LogP contribution in [0.3, 0.4) is 0 Å². The second-order valence-electron chi connectivity index (χ2n) is 7.97. The number of carbonyl (C=O) groups is 1. The number of halogens is 1. The number of carbonyl (C=O) groups excluding carboxylic acids is 1. The van der Waals surface area contributed by atoms with Gasteiger partial charge in [0.2, 0.25) is 5.91 Å². The lowest BCUT2D eigenvalue weighted by Gasteiger charge is -2.41. The summed E-state index contributed by atoms with van der Waals surface area (Å²) in [4.78, 5) is 18.1. The van der Waals surface area contributed by atoms with E-state index >= 15 is 0 Å². The second-order valence-corrected chi connectivity index (χ2v) is 9.19. The Morgan fingerprint density at radius 2 is 2.11 bits per heavy atom. The molecule has 27 heavy (non-hydrogen) atoms. The largest absolute Gasteiger partial charge is 0.493 e. The number of rotatable bonds is 5. The minimum absolute atomic E-state index is 0.252. The lowest BCUT2D eigenvalue weighted by Crippen LogP contribution is -2.52. The maximum Gasteiger partial charge on any atom is 0.230 e. The summed E-state index contributed by atoms with van der Waals surface area (Å²) in [5, 5.41) is 0. The van der Waals surface area contributed by atoms with Crippen molar-refractivity contribution in [3.8, 4) is 5.75 Å². The van der Waals surface area contributed by atoms with Crippen LogP contribution in [0.1, 0.15) is 38.2 Å². The first-order chi connectivity index (χ1) is 13.1. The molecule has 0 saturated carbocycles. The maximum atomic E-state index is 14.1. The Bertz CT molecular complexity index is 709. The molecule has 4 rings (SSSR count). The normalized spacial score (nSPS) is 30.7. The Hall–Kier alpha value is -1.27. The Balaban J connectivity index is 1.58. The first kappa shape index (κ1) is 19.1. The summed E-state index contributed by atoms with van der Waals surface area (Å²) in [6, 6.07) is 5.79. The molecule has 1 aromatic carbocycles. The van der Waals surface area contributed by atoms with Crippen molar-refractivity contribution in [1.29, 1.82) is 0 Å². The summed E-state index contributed by atoms with van der Waals surface area (Å²) in [5.41, 5.74) is 0.606. The number of thioether (sulfide) groups is 1. The van der Waals surface area contributed by atoms with Gasteiger partial charge in [0.1, 0.15) is 0 Å². The topological polar surface area (TPSA) is 32.8 Å². The van der Waals surface area contributed by atoms with E-state index in [0.717, 1.165) is 55.8 Å². The third-order valence-electron chi connectivity index (χ3n) is 6.84. The molecule has 3 heterocycles. The van der Waals surface area contributed by atoms with Crippen LogP contribution in [0.25, 0.3) is 0 Å². The summed E-state index contributed by atoms with van der Waals surface area (Å²) >= 11 is 1.93. The fourth-order valence-electron chi connectivity index (χ4n) is 5.49. The van der Waals surface area contributed by atoms with Crippen LogP contribution in [0.2, 0.25) is 0 Å². The van der Waals surface area contributed by atoms with Crippen LogP contribution < -0.4 is 4.74 Å². The van der Waals surface area contributed by atoms with Crippen LogP contribution in [0.4, 0.5) is 4.39 Å². The van der Waals surface area contributed by atoms with E-state index in [1.54, 1.807) is 6.07 Å². The molecule has 0 N–H and O–H groups in total. The minimum atomic E-state index is -0.315. The molecule has 3 aliphatic heterocycles. The van der Waals surface area contributed by atoms with Gasteiger partial charge in [-0.25, -0.2) is 4.39 Å². The monoisotopic (exact) mass is 392 g/mol. The van der Waals surface area contributed by atoms with Gasteiger partial charge in [0, 0.05) is 48.8 Å². The van der Waals surface area contributed by atoms with E-state index in [0.29, 0.717) is 24.2 Å². The van der Waals surface area contributed by atoms with Gasteiger partial charge in [-0.05, 0) is 31.7 Å². The van der Waals surface area contributed by atoms with E-state index in [9.17, 15) is 9.18 Å². The predicted molar refractivity (Wildman–Crippen MR) is 107 cm³/mol. The van der Waals surface area contributed by atoms with Gasteiger partial charge < -0.3 is 9.64 Å². The van der Waals surface area contributed by atoms with Crippen molar-refractivity contribution in [2.75, 3.05) is 31.7 Å². The molecule has 6 heteroatoms. The first-order valence-electron chi connectivity index (χ1n) is 10.0. The van der Waals surface area contributed by atoms with Crippen molar-refractivity contribution in [2.24, 2.45) is 5.41 Å². The summed E-state index contributed by atoms with van der Waals surface area (Å²) < 4.78 is 19.4. The molecule has 1 amide bonds. The molecule has 0 radical (unpaired) electrons. The number of nitrogens with zero attached hydrogens (tertiary/aromatic N) is 2.